The summed E-state index contributed by atoms with van der Waals surface area (Å²) in [5, 5.41) is 3.90. The van der Waals surface area contributed by atoms with E-state index in [1.807, 2.05) is 0 Å². The van der Waals surface area contributed by atoms with Crippen molar-refractivity contribution < 1.29 is 4.52 Å². The van der Waals surface area contributed by atoms with E-state index in [4.69, 9.17) is 0 Å². The lowest BCUT2D eigenvalue weighted by molar-refractivity contribution is 0.333. The van der Waals surface area contributed by atoms with E-state index in [-0.39, 0.29) is 5.41 Å². The van der Waals surface area contributed by atoms with Crippen LogP contribution in [0.4, 0.5) is 0 Å². The minimum absolute atomic E-state index is 0.0662. The molecule has 26 heavy (non-hydrogen) atoms. The maximum absolute atomic E-state index is 11.2. The average Bonchev–Trinajstić information content (AvgIpc) is 3.09. The second-order valence-corrected chi connectivity index (χ2v) is 8.20. The van der Waals surface area contributed by atoms with Crippen molar-refractivity contribution in [2.75, 3.05) is 0 Å². The lowest BCUT2D eigenvalue weighted by Crippen LogP contribution is -2.23. The van der Waals surface area contributed by atoms with Gasteiger partial charge in [0.15, 0.2) is 5.82 Å². The quantitative estimate of drug-likeness (QED) is 0.305. The molecule has 4 nitrogen and oxygen atoms in total. The summed E-state index contributed by atoms with van der Waals surface area (Å²) in [5.41, 5.74) is -0.0662. The first kappa shape index (κ1) is 23.0. The van der Waals surface area contributed by atoms with Crippen LogP contribution in [0.2, 0.25) is 0 Å². The molecule has 1 heterocycles. The summed E-state index contributed by atoms with van der Waals surface area (Å²) in [6.45, 7) is 6.60. The van der Waals surface area contributed by atoms with Crippen LogP contribution in [-0.2, 0) is 5.41 Å². The average molecular weight is 367 g/mol. The van der Waals surface area contributed by atoms with Crippen LogP contribution in [0.5, 0.6) is 0 Å². The van der Waals surface area contributed by atoms with E-state index in [0.29, 0.717) is 5.82 Å². The summed E-state index contributed by atoms with van der Waals surface area (Å²) < 4.78 is 4.68. The first-order valence-corrected chi connectivity index (χ1v) is 11.2. The Balaban J connectivity index is 1.95. The molecule has 0 spiro atoms. The molecular weight excluding hydrogens is 324 g/mol. The summed E-state index contributed by atoms with van der Waals surface area (Å²) >= 11 is 0. The Labute approximate surface area is 160 Å². The highest BCUT2D eigenvalue weighted by Gasteiger charge is 2.28. The van der Waals surface area contributed by atoms with Crippen molar-refractivity contribution in [3.05, 3.63) is 16.4 Å². The summed E-state index contributed by atoms with van der Waals surface area (Å²) in [7, 11) is 0. The highest BCUT2D eigenvalue weighted by atomic mass is 16.5. The molecule has 4 heteroatoms. The third-order valence-corrected chi connectivity index (χ3v) is 5.87. The first-order chi connectivity index (χ1) is 12.6. The number of aromatic amines is 1. The van der Waals surface area contributed by atoms with Crippen molar-refractivity contribution >= 4 is 0 Å². The van der Waals surface area contributed by atoms with Crippen molar-refractivity contribution in [3.8, 4) is 0 Å². The maximum Gasteiger partial charge on any atom is 0.438 e. The number of nitrogens with zero attached hydrogens (tertiary/aromatic N) is 1. The number of aromatic nitrogens is 2. The van der Waals surface area contributed by atoms with Gasteiger partial charge in [0, 0.05) is 5.41 Å². The number of unbranched alkanes of at least 4 members (excludes halogenated alkanes) is 13. The third-order valence-electron chi connectivity index (χ3n) is 5.87. The fraction of sp³-hybridized carbons (Fsp3) is 0.909. The molecule has 0 aliphatic rings. The highest BCUT2D eigenvalue weighted by Crippen LogP contribution is 2.30. The minimum Gasteiger partial charge on any atom is -0.296 e. The van der Waals surface area contributed by atoms with Gasteiger partial charge in [-0.15, -0.1) is 0 Å². The zero-order chi connectivity index (χ0) is 19.1. The minimum atomic E-state index is -0.444. The Morgan fingerprint density at radius 2 is 1.27 bits per heavy atom. The standard InChI is InChI=1S/C22H42N2O2/c1-4-6-7-8-9-10-11-12-13-14-15-16-17-18-19-22(3,5-2)20-23-21(25)26-24-20/h4-19H2,1-3H3,(H,23,24,25). The van der Waals surface area contributed by atoms with E-state index in [0.717, 1.165) is 12.8 Å². The van der Waals surface area contributed by atoms with Gasteiger partial charge in [0.2, 0.25) is 0 Å². The smallest absolute Gasteiger partial charge is 0.296 e. The summed E-state index contributed by atoms with van der Waals surface area (Å²) in [6, 6.07) is 0. The van der Waals surface area contributed by atoms with Crippen LogP contribution in [0, 0.1) is 0 Å². The molecule has 0 aliphatic carbocycles. The SMILES string of the molecule is CCCCCCCCCCCCCCCCC(C)(CC)c1noc(=O)[nH]1. The molecule has 1 unspecified atom stereocenters. The normalized spacial score (nSPS) is 13.8. The lowest BCUT2D eigenvalue weighted by Gasteiger charge is -2.24. The number of H-pyrrole nitrogens is 1. The molecule has 0 aliphatic heterocycles. The van der Waals surface area contributed by atoms with E-state index in [2.05, 4.69) is 35.4 Å². The van der Waals surface area contributed by atoms with Gasteiger partial charge < -0.3 is 0 Å². The van der Waals surface area contributed by atoms with Crippen LogP contribution in [-0.4, -0.2) is 10.1 Å². The molecule has 1 aromatic rings. The van der Waals surface area contributed by atoms with Gasteiger partial charge in [0.1, 0.15) is 0 Å². The molecule has 1 N–H and O–H groups in total. The van der Waals surface area contributed by atoms with Crippen LogP contribution >= 0.6 is 0 Å². The third kappa shape index (κ3) is 9.59. The predicted molar refractivity (Wildman–Crippen MR) is 110 cm³/mol. The van der Waals surface area contributed by atoms with Gasteiger partial charge in [-0.1, -0.05) is 116 Å². The molecule has 1 aromatic heterocycles. The van der Waals surface area contributed by atoms with Crippen LogP contribution in [0.1, 0.15) is 129 Å². The van der Waals surface area contributed by atoms with Gasteiger partial charge in [0.25, 0.3) is 0 Å². The van der Waals surface area contributed by atoms with Gasteiger partial charge in [-0.3, -0.25) is 9.51 Å². The predicted octanol–water partition coefficient (Wildman–Crippen LogP) is 6.90. The largest absolute Gasteiger partial charge is 0.438 e. The molecule has 1 rings (SSSR count). The molecule has 0 bridgehead atoms. The van der Waals surface area contributed by atoms with E-state index < -0.39 is 5.76 Å². The Kier molecular flexibility index (Phi) is 12.4. The Bertz CT molecular complexity index is 494. The van der Waals surface area contributed by atoms with Crippen molar-refractivity contribution in [2.45, 2.75) is 129 Å². The molecule has 152 valence electrons. The molecular formula is C22H42N2O2. The summed E-state index contributed by atoms with van der Waals surface area (Å²) in [5.74, 6) is 0.264. The fourth-order valence-electron chi connectivity index (χ4n) is 3.66. The van der Waals surface area contributed by atoms with Gasteiger partial charge in [-0.25, -0.2) is 4.79 Å². The van der Waals surface area contributed by atoms with Crippen LogP contribution in [0.25, 0.3) is 0 Å². The van der Waals surface area contributed by atoms with Crippen LogP contribution in [0.3, 0.4) is 0 Å². The second kappa shape index (κ2) is 14.1. The van der Waals surface area contributed by atoms with Gasteiger partial charge in [-0.05, 0) is 12.8 Å². The molecule has 0 fully saturated rings. The molecule has 1 atom stereocenters. The molecule has 0 saturated heterocycles. The Morgan fingerprint density at radius 1 is 0.808 bits per heavy atom. The number of rotatable bonds is 17. The van der Waals surface area contributed by atoms with Crippen LogP contribution < -0.4 is 5.76 Å². The van der Waals surface area contributed by atoms with Gasteiger partial charge in [0.05, 0.1) is 0 Å². The topological polar surface area (TPSA) is 58.9 Å². The maximum atomic E-state index is 11.2. The second-order valence-electron chi connectivity index (χ2n) is 8.20. The van der Waals surface area contributed by atoms with Crippen LogP contribution in [0.15, 0.2) is 9.32 Å². The Morgan fingerprint density at radius 3 is 1.65 bits per heavy atom. The van der Waals surface area contributed by atoms with Gasteiger partial charge in [-0.2, -0.15) is 0 Å². The number of nitrogens with one attached hydrogen (secondary N) is 1. The van der Waals surface area contributed by atoms with E-state index in [9.17, 15) is 4.79 Å². The zero-order valence-electron chi connectivity index (χ0n) is 17.6. The van der Waals surface area contributed by atoms with Crippen molar-refractivity contribution in [1.82, 2.24) is 10.1 Å². The first-order valence-electron chi connectivity index (χ1n) is 11.2. The van der Waals surface area contributed by atoms with E-state index in [1.54, 1.807) is 0 Å². The van der Waals surface area contributed by atoms with E-state index >= 15 is 0 Å². The number of hydrogen-bond donors (Lipinski definition) is 1. The zero-order valence-corrected chi connectivity index (χ0v) is 17.6. The fourth-order valence-corrected chi connectivity index (χ4v) is 3.66. The summed E-state index contributed by atoms with van der Waals surface area (Å²) in [6.07, 6.45) is 21.3. The molecule has 0 amide bonds. The number of hydrogen-bond acceptors (Lipinski definition) is 3. The molecule has 0 aromatic carbocycles. The van der Waals surface area contributed by atoms with Crippen molar-refractivity contribution in [2.24, 2.45) is 0 Å². The van der Waals surface area contributed by atoms with Crippen molar-refractivity contribution in [3.63, 3.8) is 0 Å². The Hall–Kier alpha value is -1.06. The lowest BCUT2D eigenvalue weighted by atomic mass is 9.81. The monoisotopic (exact) mass is 366 g/mol. The van der Waals surface area contributed by atoms with Crippen molar-refractivity contribution in [1.29, 1.82) is 0 Å². The van der Waals surface area contributed by atoms with Gasteiger partial charge >= 0.3 is 5.76 Å². The highest BCUT2D eigenvalue weighted by molar-refractivity contribution is 5.02. The molecule has 0 saturated carbocycles. The summed E-state index contributed by atoms with van der Waals surface area (Å²) in [4.78, 5) is 13.9. The van der Waals surface area contributed by atoms with E-state index in [1.165, 1.54) is 89.9 Å². The molecule has 0 radical (unpaired) electrons.